The fraction of sp³-hybridized carbons (Fsp3) is 0.667. The van der Waals surface area contributed by atoms with Crippen LogP contribution in [0.5, 0.6) is 5.95 Å². The van der Waals surface area contributed by atoms with Gasteiger partial charge in [-0.3, -0.25) is 9.69 Å². The molecule has 0 aromatic carbocycles. The Kier molecular flexibility index (Phi) is 6.03. The van der Waals surface area contributed by atoms with Crippen molar-refractivity contribution >= 4 is 12.0 Å². The minimum absolute atomic E-state index is 0.0943. The Labute approximate surface area is 153 Å². The molecule has 2 amide bonds. The van der Waals surface area contributed by atoms with Crippen LogP contribution in [0.4, 0.5) is 4.79 Å². The SMILES string of the molecule is CCOC(=O)N1CCN([C@H]2CCCN(C(=O)c3ccc(OC)o3)C2)CC1. The maximum atomic E-state index is 12.7. The summed E-state index contributed by atoms with van der Waals surface area (Å²) < 4.78 is 15.5. The van der Waals surface area contributed by atoms with Crippen LogP contribution in [0.15, 0.2) is 16.5 Å². The quantitative estimate of drug-likeness (QED) is 0.808. The van der Waals surface area contributed by atoms with Gasteiger partial charge in [-0.2, -0.15) is 0 Å². The Morgan fingerprint density at radius 3 is 2.58 bits per heavy atom. The zero-order valence-electron chi connectivity index (χ0n) is 15.5. The van der Waals surface area contributed by atoms with Gasteiger partial charge in [-0.15, -0.1) is 0 Å². The second-order valence-electron chi connectivity index (χ2n) is 6.59. The Bertz CT molecular complexity index is 624. The summed E-state index contributed by atoms with van der Waals surface area (Å²) in [5, 5.41) is 0. The van der Waals surface area contributed by atoms with E-state index in [1.165, 1.54) is 7.11 Å². The van der Waals surface area contributed by atoms with E-state index in [1.807, 2.05) is 11.8 Å². The molecule has 8 heteroatoms. The van der Waals surface area contributed by atoms with Crippen LogP contribution in [0, 0.1) is 0 Å². The van der Waals surface area contributed by atoms with E-state index >= 15 is 0 Å². The highest BCUT2D eigenvalue weighted by Crippen LogP contribution is 2.22. The number of rotatable bonds is 4. The van der Waals surface area contributed by atoms with Gasteiger partial charge >= 0.3 is 6.09 Å². The van der Waals surface area contributed by atoms with Gasteiger partial charge in [0.2, 0.25) is 0 Å². The molecule has 0 radical (unpaired) electrons. The van der Waals surface area contributed by atoms with Crippen LogP contribution in [-0.2, 0) is 4.74 Å². The van der Waals surface area contributed by atoms with Gasteiger partial charge in [0.05, 0.1) is 13.7 Å². The van der Waals surface area contributed by atoms with Crippen molar-refractivity contribution < 1.29 is 23.5 Å². The van der Waals surface area contributed by atoms with Crippen molar-refractivity contribution in [2.75, 3.05) is 53.0 Å². The Hall–Kier alpha value is -2.22. The number of carbonyl (C=O) groups excluding carboxylic acids is 2. The summed E-state index contributed by atoms with van der Waals surface area (Å²) in [5.41, 5.74) is 0. The molecular formula is C18H27N3O5. The number of likely N-dealkylation sites (tertiary alicyclic amines) is 1. The largest absolute Gasteiger partial charge is 0.468 e. The average molecular weight is 365 g/mol. The molecule has 1 atom stereocenters. The maximum absolute atomic E-state index is 12.7. The number of methoxy groups -OCH3 is 1. The predicted octanol–water partition coefficient (Wildman–Crippen LogP) is 1.67. The van der Waals surface area contributed by atoms with Crippen molar-refractivity contribution in [1.29, 1.82) is 0 Å². The lowest BCUT2D eigenvalue weighted by Gasteiger charge is -2.42. The molecule has 0 saturated carbocycles. The van der Waals surface area contributed by atoms with E-state index in [9.17, 15) is 9.59 Å². The summed E-state index contributed by atoms with van der Waals surface area (Å²) in [7, 11) is 1.51. The number of piperazine rings is 1. The third kappa shape index (κ3) is 4.12. The number of piperidine rings is 1. The molecule has 3 heterocycles. The number of furan rings is 1. The van der Waals surface area contributed by atoms with Crippen LogP contribution in [0.25, 0.3) is 0 Å². The summed E-state index contributed by atoms with van der Waals surface area (Å²) in [6, 6.07) is 3.63. The number of hydrogen-bond donors (Lipinski definition) is 0. The zero-order chi connectivity index (χ0) is 18.5. The third-order valence-corrected chi connectivity index (χ3v) is 5.03. The van der Waals surface area contributed by atoms with Crippen molar-refractivity contribution in [3.63, 3.8) is 0 Å². The van der Waals surface area contributed by atoms with Crippen molar-refractivity contribution in [2.45, 2.75) is 25.8 Å². The topological polar surface area (TPSA) is 75.5 Å². The molecule has 0 aliphatic carbocycles. The van der Waals surface area contributed by atoms with Gasteiger partial charge < -0.3 is 23.7 Å². The molecule has 3 rings (SSSR count). The molecule has 2 fully saturated rings. The first kappa shape index (κ1) is 18.6. The molecule has 2 aliphatic heterocycles. The number of hydrogen-bond acceptors (Lipinski definition) is 6. The molecule has 0 bridgehead atoms. The number of ether oxygens (including phenoxy) is 2. The van der Waals surface area contributed by atoms with E-state index in [0.717, 1.165) is 32.5 Å². The van der Waals surface area contributed by atoms with Gasteiger partial charge in [0.25, 0.3) is 11.9 Å². The minimum Gasteiger partial charge on any atom is -0.468 e. The Balaban J connectivity index is 1.54. The molecule has 0 spiro atoms. The predicted molar refractivity (Wildman–Crippen MR) is 94.4 cm³/mol. The minimum atomic E-state index is -0.237. The highest BCUT2D eigenvalue weighted by molar-refractivity contribution is 5.91. The lowest BCUT2D eigenvalue weighted by molar-refractivity contribution is 0.0361. The van der Waals surface area contributed by atoms with E-state index in [2.05, 4.69) is 4.90 Å². The van der Waals surface area contributed by atoms with E-state index in [0.29, 0.717) is 44.0 Å². The van der Waals surface area contributed by atoms with E-state index < -0.39 is 0 Å². The van der Waals surface area contributed by atoms with Gasteiger partial charge in [0, 0.05) is 51.4 Å². The molecule has 26 heavy (non-hydrogen) atoms. The Morgan fingerprint density at radius 2 is 1.92 bits per heavy atom. The molecule has 2 saturated heterocycles. The van der Waals surface area contributed by atoms with Crippen molar-refractivity contribution in [3.8, 4) is 5.95 Å². The lowest BCUT2D eigenvalue weighted by atomic mass is 10.0. The number of amides is 2. The molecule has 8 nitrogen and oxygen atoms in total. The number of carbonyl (C=O) groups is 2. The molecule has 1 aromatic rings. The van der Waals surface area contributed by atoms with Crippen LogP contribution < -0.4 is 4.74 Å². The molecule has 0 unspecified atom stereocenters. The van der Waals surface area contributed by atoms with Gasteiger partial charge in [0.15, 0.2) is 5.76 Å². The van der Waals surface area contributed by atoms with Gasteiger partial charge in [0.1, 0.15) is 0 Å². The van der Waals surface area contributed by atoms with Crippen LogP contribution in [-0.4, -0.2) is 85.7 Å². The summed E-state index contributed by atoms with van der Waals surface area (Å²) in [6.07, 6.45) is 1.79. The fourth-order valence-electron chi connectivity index (χ4n) is 3.62. The number of nitrogens with zero attached hydrogens (tertiary/aromatic N) is 3. The second kappa shape index (κ2) is 8.44. The van der Waals surface area contributed by atoms with E-state index in [1.54, 1.807) is 17.0 Å². The standard InChI is InChI=1S/C18H27N3O5/c1-3-25-18(23)20-11-9-19(10-12-20)14-5-4-8-21(13-14)17(22)15-6-7-16(24-2)26-15/h6-7,14H,3-5,8-13H2,1-2H3/t14-/m0/s1. The highest BCUT2D eigenvalue weighted by Gasteiger charge is 2.32. The first-order chi connectivity index (χ1) is 12.6. The van der Waals surface area contributed by atoms with Crippen molar-refractivity contribution in [2.24, 2.45) is 0 Å². The zero-order valence-corrected chi connectivity index (χ0v) is 15.5. The summed E-state index contributed by atoms with van der Waals surface area (Å²) >= 11 is 0. The van der Waals surface area contributed by atoms with E-state index in [-0.39, 0.29) is 12.0 Å². The van der Waals surface area contributed by atoms with E-state index in [4.69, 9.17) is 13.9 Å². The summed E-state index contributed by atoms with van der Waals surface area (Å²) in [4.78, 5) is 30.5. The van der Waals surface area contributed by atoms with Crippen LogP contribution in [0.3, 0.4) is 0 Å². The second-order valence-corrected chi connectivity index (χ2v) is 6.59. The smallest absolute Gasteiger partial charge is 0.409 e. The highest BCUT2D eigenvalue weighted by atomic mass is 16.6. The summed E-state index contributed by atoms with van der Waals surface area (Å²) in [5.74, 6) is 0.565. The monoisotopic (exact) mass is 365 g/mol. The fourth-order valence-corrected chi connectivity index (χ4v) is 3.62. The molecule has 2 aliphatic rings. The van der Waals surface area contributed by atoms with Gasteiger partial charge in [-0.05, 0) is 25.8 Å². The first-order valence-corrected chi connectivity index (χ1v) is 9.21. The van der Waals surface area contributed by atoms with Gasteiger partial charge in [-0.1, -0.05) is 0 Å². The molecule has 144 valence electrons. The van der Waals surface area contributed by atoms with Gasteiger partial charge in [-0.25, -0.2) is 4.79 Å². The summed E-state index contributed by atoms with van der Waals surface area (Å²) in [6.45, 7) is 6.58. The lowest BCUT2D eigenvalue weighted by Crippen LogP contribution is -2.56. The molecular weight excluding hydrogens is 338 g/mol. The molecule has 1 aromatic heterocycles. The average Bonchev–Trinajstić information content (AvgIpc) is 3.17. The Morgan fingerprint density at radius 1 is 1.15 bits per heavy atom. The molecule has 0 N–H and O–H groups in total. The van der Waals surface area contributed by atoms with Crippen molar-refractivity contribution in [1.82, 2.24) is 14.7 Å². The normalized spacial score (nSPS) is 21.5. The first-order valence-electron chi connectivity index (χ1n) is 9.21. The van der Waals surface area contributed by atoms with Crippen molar-refractivity contribution in [3.05, 3.63) is 17.9 Å². The van der Waals surface area contributed by atoms with Crippen LogP contribution in [0.2, 0.25) is 0 Å². The maximum Gasteiger partial charge on any atom is 0.409 e. The van der Waals surface area contributed by atoms with Crippen LogP contribution in [0.1, 0.15) is 30.3 Å². The van der Waals surface area contributed by atoms with Crippen LogP contribution >= 0.6 is 0 Å². The third-order valence-electron chi connectivity index (χ3n) is 5.03.